The van der Waals surface area contributed by atoms with Gasteiger partial charge < -0.3 is 5.32 Å². The Labute approximate surface area is 101 Å². The van der Waals surface area contributed by atoms with E-state index in [1.807, 2.05) is 23.9 Å². The minimum absolute atomic E-state index is 0.721. The second kappa shape index (κ2) is 5.43. The van der Waals surface area contributed by atoms with Crippen molar-refractivity contribution in [1.29, 1.82) is 0 Å². The highest BCUT2D eigenvalue weighted by Gasteiger charge is 2.00. The third-order valence-electron chi connectivity index (χ3n) is 2.60. The van der Waals surface area contributed by atoms with Crippen LogP contribution in [0.25, 0.3) is 0 Å². The van der Waals surface area contributed by atoms with E-state index in [2.05, 4.69) is 27.3 Å². The van der Waals surface area contributed by atoms with Crippen molar-refractivity contribution in [2.45, 2.75) is 26.3 Å². The first-order valence-electron chi connectivity index (χ1n) is 5.81. The summed E-state index contributed by atoms with van der Waals surface area (Å²) in [7, 11) is 1.93. The molecule has 0 amide bonds. The van der Waals surface area contributed by atoms with Crippen LogP contribution in [0.2, 0.25) is 0 Å². The van der Waals surface area contributed by atoms with Crippen molar-refractivity contribution in [3.8, 4) is 0 Å². The molecule has 0 saturated heterocycles. The number of nitrogens with zero attached hydrogens (tertiary/aromatic N) is 4. The highest BCUT2D eigenvalue weighted by molar-refractivity contribution is 5.35. The molecular weight excluding hydrogens is 214 g/mol. The van der Waals surface area contributed by atoms with Crippen molar-refractivity contribution in [2.75, 3.05) is 5.32 Å². The fraction of sp³-hybridized carbons (Fsp3) is 0.417. The molecule has 0 spiro atoms. The Balaban J connectivity index is 1.99. The fourth-order valence-electron chi connectivity index (χ4n) is 1.64. The van der Waals surface area contributed by atoms with E-state index in [1.165, 1.54) is 0 Å². The first kappa shape index (κ1) is 11.6. The zero-order valence-electron chi connectivity index (χ0n) is 10.2. The lowest BCUT2D eigenvalue weighted by Crippen LogP contribution is -2.07. The first-order valence-corrected chi connectivity index (χ1v) is 5.81. The average molecular weight is 231 g/mol. The van der Waals surface area contributed by atoms with E-state index in [0.29, 0.717) is 0 Å². The smallest absolute Gasteiger partial charge is 0.129 e. The third-order valence-corrected chi connectivity index (χ3v) is 2.60. The van der Waals surface area contributed by atoms with Crippen LogP contribution >= 0.6 is 0 Å². The number of anilines is 1. The summed E-state index contributed by atoms with van der Waals surface area (Å²) in [4.78, 5) is 8.42. The van der Waals surface area contributed by atoms with Gasteiger partial charge in [-0.05, 0) is 12.5 Å². The molecule has 5 heteroatoms. The fourth-order valence-corrected chi connectivity index (χ4v) is 1.64. The van der Waals surface area contributed by atoms with E-state index in [1.54, 1.807) is 12.5 Å². The summed E-state index contributed by atoms with van der Waals surface area (Å²) in [5.41, 5.74) is 2.20. The number of nitrogens with one attached hydrogen (secondary N) is 1. The van der Waals surface area contributed by atoms with Crippen LogP contribution in [-0.2, 0) is 20.0 Å². The quantitative estimate of drug-likeness (QED) is 0.852. The Hall–Kier alpha value is -1.91. The molecular formula is C12H17N5. The van der Waals surface area contributed by atoms with Crippen LogP contribution in [0.15, 0.2) is 24.7 Å². The topological polar surface area (TPSA) is 55.6 Å². The Morgan fingerprint density at radius 3 is 2.94 bits per heavy atom. The molecule has 0 aliphatic heterocycles. The first-order chi connectivity index (χ1) is 8.29. The molecule has 2 heterocycles. The number of hydrogen-bond donors (Lipinski definition) is 1. The van der Waals surface area contributed by atoms with Crippen molar-refractivity contribution in [1.82, 2.24) is 19.7 Å². The number of aryl methyl sites for hydroxylation is 2. The molecule has 2 rings (SSSR count). The SMILES string of the molecule is CCCc1cc(NCc2ccnn2C)ncn1. The second-order valence-corrected chi connectivity index (χ2v) is 3.94. The average Bonchev–Trinajstić information content (AvgIpc) is 2.73. The standard InChI is InChI=1S/C12H17N5/c1-3-4-10-7-12(15-9-14-10)13-8-11-5-6-16-17(11)2/h5-7,9H,3-4,8H2,1-2H3,(H,13,14,15). The molecule has 2 aromatic rings. The second-order valence-electron chi connectivity index (χ2n) is 3.94. The summed E-state index contributed by atoms with van der Waals surface area (Å²) in [5, 5.41) is 7.39. The zero-order valence-corrected chi connectivity index (χ0v) is 10.2. The highest BCUT2D eigenvalue weighted by Crippen LogP contribution is 2.07. The van der Waals surface area contributed by atoms with Crippen molar-refractivity contribution in [2.24, 2.45) is 7.05 Å². The van der Waals surface area contributed by atoms with Gasteiger partial charge in [-0.1, -0.05) is 13.3 Å². The molecule has 0 saturated carbocycles. The van der Waals surface area contributed by atoms with Crippen molar-refractivity contribution in [3.05, 3.63) is 36.0 Å². The van der Waals surface area contributed by atoms with Gasteiger partial charge in [-0.25, -0.2) is 9.97 Å². The highest BCUT2D eigenvalue weighted by atomic mass is 15.3. The molecule has 0 bridgehead atoms. The molecule has 0 aliphatic carbocycles. The Morgan fingerprint density at radius 2 is 2.24 bits per heavy atom. The molecule has 90 valence electrons. The van der Waals surface area contributed by atoms with Crippen LogP contribution in [0.4, 0.5) is 5.82 Å². The van der Waals surface area contributed by atoms with Crippen molar-refractivity contribution in [3.63, 3.8) is 0 Å². The minimum Gasteiger partial charge on any atom is -0.364 e. The molecule has 2 aromatic heterocycles. The Bertz CT molecular complexity index is 477. The molecule has 5 nitrogen and oxygen atoms in total. The summed E-state index contributed by atoms with van der Waals surface area (Å²) in [6.45, 7) is 2.87. The van der Waals surface area contributed by atoms with E-state index < -0.39 is 0 Å². The van der Waals surface area contributed by atoms with Gasteiger partial charge in [0.05, 0.1) is 12.2 Å². The maximum absolute atomic E-state index is 4.22. The van der Waals surface area contributed by atoms with Gasteiger partial charge in [0.25, 0.3) is 0 Å². The molecule has 0 radical (unpaired) electrons. The molecule has 1 N–H and O–H groups in total. The van der Waals surface area contributed by atoms with Gasteiger partial charge >= 0.3 is 0 Å². The summed E-state index contributed by atoms with van der Waals surface area (Å²) in [5.74, 6) is 0.865. The molecule has 0 atom stereocenters. The lowest BCUT2D eigenvalue weighted by atomic mass is 10.2. The van der Waals surface area contributed by atoms with Gasteiger partial charge in [0, 0.05) is 25.0 Å². The van der Waals surface area contributed by atoms with E-state index in [-0.39, 0.29) is 0 Å². The zero-order chi connectivity index (χ0) is 12.1. The maximum Gasteiger partial charge on any atom is 0.129 e. The maximum atomic E-state index is 4.22. The Kier molecular flexibility index (Phi) is 3.69. The minimum atomic E-state index is 0.721. The van der Waals surface area contributed by atoms with Gasteiger partial charge in [-0.15, -0.1) is 0 Å². The monoisotopic (exact) mass is 231 g/mol. The summed E-state index contributed by atoms with van der Waals surface area (Å²) < 4.78 is 1.85. The number of rotatable bonds is 5. The van der Waals surface area contributed by atoms with Gasteiger partial charge in [0.2, 0.25) is 0 Å². The van der Waals surface area contributed by atoms with Crippen LogP contribution in [0.5, 0.6) is 0 Å². The normalized spacial score (nSPS) is 10.5. The van der Waals surface area contributed by atoms with E-state index >= 15 is 0 Å². The van der Waals surface area contributed by atoms with Gasteiger partial charge in [-0.3, -0.25) is 4.68 Å². The number of aromatic nitrogens is 4. The molecule has 0 fully saturated rings. The molecule has 0 unspecified atom stereocenters. The molecule has 17 heavy (non-hydrogen) atoms. The van der Waals surface area contributed by atoms with Gasteiger partial charge in [0.15, 0.2) is 0 Å². The van der Waals surface area contributed by atoms with Gasteiger partial charge in [0.1, 0.15) is 12.1 Å². The summed E-state index contributed by atoms with van der Waals surface area (Å²) in [6, 6.07) is 3.99. The van der Waals surface area contributed by atoms with Gasteiger partial charge in [-0.2, -0.15) is 5.10 Å². The van der Waals surface area contributed by atoms with Crippen LogP contribution in [-0.4, -0.2) is 19.7 Å². The van der Waals surface area contributed by atoms with Crippen molar-refractivity contribution >= 4 is 5.82 Å². The number of hydrogen-bond acceptors (Lipinski definition) is 4. The lowest BCUT2D eigenvalue weighted by molar-refractivity contribution is 0.719. The molecule has 0 aliphatic rings. The van der Waals surface area contributed by atoms with Crippen LogP contribution in [0.3, 0.4) is 0 Å². The van der Waals surface area contributed by atoms with E-state index in [4.69, 9.17) is 0 Å². The van der Waals surface area contributed by atoms with Crippen LogP contribution in [0.1, 0.15) is 24.7 Å². The van der Waals surface area contributed by atoms with Crippen LogP contribution < -0.4 is 5.32 Å². The largest absolute Gasteiger partial charge is 0.364 e. The lowest BCUT2D eigenvalue weighted by Gasteiger charge is -2.06. The summed E-state index contributed by atoms with van der Waals surface area (Å²) >= 11 is 0. The predicted octanol–water partition coefficient (Wildman–Crippen LogP) is 1.77. The molecule has 0 aromatic carbocycles. The predicted molar refractivity (Wildman–Crippen MR) is 66.6 cm³/mol. The van der Waals surface area contributed by atoms with E-state index in [9.17, 15) is 0 Å². The summed E-state index contributed by atoms with van der Waals surface area (Å²) in [6.07, 6.45) is 5.48. The Morgan fingerprint density at radius 1 is 1.35 bits per heavy atom. The van der Waals surface area contributed by atoms with E-state index in [0.717, 1.165) is 36.6 Å². The van der Waals surface area contributed by atoms with Crippen molar-refractivity contribution < 1.29 is 0 Å². The van der Waals surface area contributed by atoms with Crippen LogP contribution in [0, 0.1) is 0 Å². The third kappa shape index (κ3) is 3.03.